The molecule has 0 amide bonds. The Kier molecular flexibility index (Phi) is 7.46. The van der Waals surface area contributed by atoms with Gasteiger partial charge in [-0.2, -0.15) is 0 Å². The summed E-state index contributed by atoms with van der Waals surface area (Å²) in [5.41, 5.74) is 10.7. The smallest absolute Gasteiger partial charge is 0.194 e. The molecule has 0 aliphatic rings. The minimum atomic E-state index is 0.519. The van der Waals surface area contributed by atoms with E-state index in [-0.39, 0.29) is 0 Å². The summed E-state index contributed by atoms with van der Waals surface area (Å²) in [5.74, 6) is 1.67. The van der Waals surface area contributed by atoms with Crippen molar-refractivity contribution in [1.29, 1.82) is 0 Å². The molecule has 9 aromatic rings. The van der Waals surface area contributed by atoms with Crippen LogP contribution >= 0.6 is 0 Å². The summed E-state index contributed by atoms with van der Waals surface area (Å²) in [6.07, 6.45) is 0. The van der Waals surface area contributed by atoms with Crippen LogP contribution in [0.4, 0.5) is 5.69 Å². The summed E-state index contributed by atoms with van der Waals surface area (Å²) in [4.78, 5) is 19.2. The Balaban J connectivity index is 1.28. The highest BCUT2D eigenvalue weighted by atomic mass is 16.3. The number of benzene rings is 7. The lowest BCUT2D eigenvalue weighted by Gasteiger charge is -2.14. The maximum Gasteiger partial charge on any atom is 0.194 e. The molecule has 9 rings (SSSR count). The first-order chi connectivity index (χ1) is 25.2. The average Bonchev–Trinajstić information content (AvgIpc) is 3.60. The van der Waals surface area contributed by atoms with Gasteiger partial charge in [-0.25, -0.2) is 19.8 Å². The molecule has 2 heterocycles. The van der Waals surface area contributed by atoms with Gasteiger partial charge in [0.1, 0.15) is 11.2 Å². The molecular formula is C46H28N4O. The fraction of sp³-hybridized carbons (Fsp3) is 0. The molecule has 5 heteroatoms. The molecule has 0 unspecified atom stereocenters. The number of fused-ring (bicyclic) bond motifs is 3. The topological polar surface area (TPSA) is 56.2 Å². The average molecular weight is 653 g/mol. The van der Waals surface area contributed by atoms with E-state index in [0.29, 0.717) is 28.7 Å². The number of para-hydroxylation sites is 2. The number of aromatic nitrogens is 3. The largest absolute Gasteiger partial charge is 0.455 e. The predicted octanol–water partition coefficient (Wildman–Crippen LogP) is 12.3. The molecule has 0 bridgehead atoms. The van der Waals surface area contributed by atoms with E-state index in [1.54, 1.807) is 0 Å². The molecule has 51 heavy (non-hydrogen) atoms. The summed E-state index contributed by atoms with van der Waals surface area (Å²) >= 11 is 0. The highest BCUT2D eigenvalue weighted by molar-refractivity contribution is 6.12. The van der Waals surface area contributed by atoms with Crippen molar-refractivity contribution < 1.29 is 4.42 Å². The second-order valence-electron chi connectivity index (χ2n) is 12.3. The zero-order chi connectivity index (χ0) is 34.1. The van der Waals surface area contributed by atoms with E-state index in [0.717, 1.165) is 66.4 Å². The first-order valence-corrected chi connectivity index (χ1v) is 16.7. The SMILES string of the molecule is [C-]#[N+]c1ccccc1-c1ccc(-c2ccc3c(oc4ccccc43)c2-c2nc(-c3ccccc3)nc(-c3cccc(-c4ccccc4)c3)n2)cc1. The summed E-state index contributed by atoms with van der Waals surface area (Å²) in [7, 11) is 0. The fourth-order valence-electron chi connectivity index (χ4n) is 6.70. The molecule has 2 aromatic heterocycles. The zero-order valence-corrected chi connectivity index (χ0v) is 27.4. The Labute approximate surface area is 295 Å². The van der Waals surface area contributed by atoms with Crippen LogP contribution in [0.3, 0.4) is 0 Å². The normalized spacial score (nSPS) is 11.1. The minimum absolute atomic E-state index is 0.519. The second-order valence-corrected chi connectivity index (χ2v) is 12.3. The van der Waals surface area contributed by atoms with Crippen LogP contribution in [-0.4, -0.2) is 15.0 Å². The Bertz CT molecular complexity index is 2750. The van der Waals surface area contributed by atoms with Crippen LogP contribution in [0.2, 0.25) is 0 Å². The van der Waals surface area contributed by atoms with Crippen molar-refractivity contribution in [2.45, 2.75) is 0 Å². The first kappa shape index (κ1) is 29.9. The van der Waals surface area contributed by atoms with Crippen LogP contribution in [0.5, 0.6) is 0 Å². The van der Waals surface area contributed by atoms with Gasteiger partial charge in [0.25, 0.3) is 0 Å². The van der Waals surface area contributed by atoms with E-state index in [1.165, 1.54) is 0 Å². The molecule has 0 N–H and O–H groups in total. The third-order valence-electron chi connectivity index (χ3n) is 9.20. The second kappa shape index (κ2) is 12.7. The predicted molar refractivity (Wildman–Crippen MR) is 206 cm³/mol. The van der Waals surface area contributed by atoms with Gasteiger partial charge in [-0.3, -0.25) is 0 Å². The lowest BCUT2D eigenvalue weighted by molar-refractivity contribution is 0.669. The highest BCUT2D eigenvalue weighted by Crippen LogP contribution is 2.42. The zero-order valence-electron chi connectivity index (χ0n) is 27.4. The lowest BCUT2D eigenvalue weighted by Crippen LogP contribution is -2.01. The van der Waals surface area contributed by atoms with Gasteiger partial charge >= 0.3 is 0 Å². The van der Waals surface area contributed by atoms with Gasteiger partial charge in [0.05, 0.1) is 12.1 Å². The molecule has 0 saturated carbocycles. The maximum absolute atomic E-state index is 7.67. The van der Waals surface area contributed by atoms with Crippen LogP contribution in [0, 0.1) is 6.57 Å². The molecular weight excluding hydrogens is 625 g/mol. The van der Waals surface area contributed by atoms with Crippen molar-refractivity contribution in [2.24, 2.45) is 0 Å². The number of rotatable bonds is 6. The van der Waals surface area contributed by atoms with E-state index in [1.807, 2.05) is 103 Å². The third-order valence-corrected chi connectivity index (χ3v) is 9.20. The van der Waals surface area contributed by atoms with Crippen molar-refractivity contribution in [2.75, 3.05) is 0 Å². The Hall–Kier alpha value is -7.16. The Morgan fingerprint density at radius 3 is 1.76 bits per heavy atom. The van der Waals surface area contributed by atoms with Crippen molar-refractivity contribution in [3.8, 4) is 67.5 Å². The van der Waals surface area contributed by atoms with E-state index < -0.39 is 0 Å². The van der Waals surface area contributed by atoms with Crippen LogP contribution in [0.15, 0.2) is 174 Å². The van der Waals surface area contributed by atoms with Crippen LogP contribution in [0.1, 0.15) is 0 Å². The van der Waals surface area contributed by atoms with Gasteiger partial charge in [-0.05, 0) is 51.6 Å². The number of hydrogen-bond acceptors (Lipinski definition) is 4. The molecule has 0 saturated heterocycles. The molecule has 0 fully saturated rings. The van der Waals surface area contributed by atoms with Crippen LogP contribution < -0.4 is 0 Å². The maximum atomic E-state index is 7.67. The highest BCUT2D eigenvalue weighted by Gasteiger charge is 2.22. The van der Waals surface area contributed by atoms with Gasteiger partial charge in [-0.15, -0.1) is 0 Å². The van der Waals surface area contributed by atoms with Crippen LogP contribution in [-0.2, 0) is 0 Å². The first-order valence-electron chi connectivity index (χ1n) is 16.7. The summed E-state index contributed by atoms with van der Waals surface area (Å²) < 4.78 is 6.66. The van der Waals surface area contributed by atoms with Crippen LogP contribution in [0.25, 0.3) is 94.3 Å². The van der Waals surface area contributed by atoms with Gasteiger partial charge in [-0.1, -0.05) is 152 Å². The van der Waals surface area contributed by atoms with E-state index in [2.05, 4.69) is 71.6 Å². The van der Waals surface area contributed by atoms with E-state index >= 15 is 0 Å². The summed E-state index contributed by atoms with van der Waals surface area (Å²) in [6.45, 7) is 7.67. The quantitative estimate of drug-likeness (QED) is 0.168. The van der Waals surface area contributed by atoms with Gasteiger partial charge in [0.15, 0.2) is 23.2 Å². The van der Waals surface area contributed by atoms with E-state index in [9.17, 15) is 0 Å². The van der Waals surface area contributed by atoms with Crippen molar-refractivity contribution in [3.63, 3.8) is 0 Å². The Morgan fingerprint density at radius 1 is 0.412 bits per heavy atom. The summed E-state index contributed by atoms with van der Waals surface area (Å²) in [6, 6.07) is 57.0. The number of hydrogen-bond donors (Lipinski definition) is 0. The standard InChI is InChI=1S/C46H28N4O/c1-47-40-21-10-8-19-36(40)31-23-25-32(26-24-31)37-27-28-39-38-20-9-11-22-41(38)51-43(39)42(37)46-49-44(33-15-6-3-7-16-33)48-45(50-46)35-18-12-17-34(29-35)30-13-4-2-5-14-30/h2-29H. The molecule has 238 valence electrons. The lowest BCUT2D eigenvalue weighted by atomic mass is 9.94. The summed E-state index contributed by atoms with van der Waals surface area (Å²) in [5, 5.41) is 2.01. The van der Waals surface area contributed by atoms with Crippen molar-refractivity contribution in [1.82, 2.24) is 15.0 Å². The monoisotopic (exact) mass is 652 g/mol. The number of nitrogens with zero attached hydrogens (tertiary/aromatic N) is 4. The minimum Gasteiger partial charge on any atom is -0.455 e. The molecule has 0 spiro atoms. The molecule has 0 atom stereocenters. The fourth-order valence-corrected chi connectivity index (χ4v) is 6.70. The molecule has 0 aliphatic heterocycles. The molecule has 5 nitrogen and oxygen atoms in total. The molecule has 0 radical (unpaired) electrons. The Morgan fingerprint density at radius 2 is 1.00 bits per heavy atom. The third kappa shape index (κ3) is 5.51. The van der Waals surface area contributed by atoms with Gasteiger partial charge < -0.3 is 4.42 Å². The van der Waals surface area contributed by atoms with Crippen molar-refractivity contribution >= 4 is 27.6 Å². The number of furan rings is 1. The molecule has 0 aliphatic carbocycles. The van der Waals surface area contributed by atoms with Crippen molar-refractivity contribution in [3.05, 3.63) is 181 Å². The van der Waals surface area contributed by atoms with E-state index in [4.69, 9.17) is 25.9 Å². The molecule has 7 aromatic carbocycles. The van der Waals surface area contributed by atoms with Gasteiger partial charge in [0.2, 0.25) is 0 Å². The van der Waals surface area contributed by atoms with Gasteiger partial charge in [0, 0.05) is 21.9 Å².